The molecule has 0 fully saturated rings. The van der Waals surface area contributed by atoms with Gasteiger partial charge < -0.3 is 10.6 Å². The van der Waals surface area contributed by atoms with Crippen molar-refractivity contribution in [3.05, 3.63) is 35.6 Å². The van der Waals surface area contributed by atoms with Crippen LogP contribution in [0, 0.1) is 11.7 Å². The first-order chi connectivity index (χ1) is 9.31. The van der Waals surface area contributed by atoms with E-state index in [1.54, 1.807) is 12.1 Å². The van der Waals surface area contributed by atoms with Crippen molar-refractivity contribution in [2.75, 3.05) is 0 Å². The molecule has 5 heteroatoms. The van der Waals surface area contributed by atoms with Crippen LogP contribution in [-0.4, -0.2) is 17.9 Å². The number of hydrogen-bond donors (Lipinski definition) is 2. The highest BCUT2D eigenvalue weighted by molar-refractivity contribution is 5.87. The first-order valence-corrected chi connectivity index (χ1v) is 6.64. The molecule has 0 aliphatic carbocycles. The predicted octanol–water partition coefficient (Wildman–Crippen LogP) is 2.16. The summed E-state index contributed by atoms with van der Waals surface area (Å²) in [6.07, 6.45) is 0. The molecule has 0 heterocycles. The molecular formula is C15H21FN2O2. The van der Waals surface area contributed by atoms with E-state index in [-0.39, 0.29) is 29.6 Å². The fourth-order valence-corrected chi connectivity index (χ4v) is 1.89. The minimum absolute atomic E-state index is 0.0145. The zero-order valence-electron chi connectivity index (χ0n) is 12.2. The number of benzene rings is 1. The third-order valence-corrected chi connectivity index (χ3v) is 3.04. The van der Waals surface area contributed by atoms with Crippen LogP contribution in [-0.2, 0) is 9.59 Å². The summed E-state index contributed by atoms with van der Waals surface area (Å²) in [4.78, 5) is 23.3. The van der Waals surface area contributed by atoms with Gasteiger partial charge in [-0.2, -0.15) is 0 Å². The van der Waals surface area contributed by atoms with Gasteiger partial charge in [0.15, 0.2) is 0 Å². The van der Waals surface area contributed by atoms with E-state index in [2.05, 4.69) is 10.6 Å². The van der Waals surface area contributed by atoms with Crippen molar-refractivity contribution < 1.29 is 14.0 Å². The molecule has 0 saturated carbocycles. The maximum atomic E-state index is 12.9. The van der Waals surface area contributed by atoms with Crippen LogP contribution in [0.1, 0.15) is 39.3 Å². The van der Waals surface area contributed by atoms with Gasteiger partial charge in [-0.3, -0.25) is 9.59 Å². The first kappa shape index (κ1) is 16.1. The first-order valence-electron chi connectivity index (χ1n) is 6.64. The topological polar surface area (TPSA) is 58.2 Å². The Labute approximate surface area is 118 Å². The number of amides is 2. The molecule has 0 spiro atoms. The van der Waals surface area contributed by atoms with Gasteiger partial charge in [-0.05, 0) is 30.5 Å². The molecule has 1 aromatic rings. The molecule has 0 saturated heterocycles. The molecule has 2 N–H and O–H groups in total. The zero-order valence-corrected chi connectivity index (χ0v) is 12.2. The smallest absolute Gasteiger partial charge is 0.243 e. The van der Waals surface area contributed by atoms with Crippen molar-refractivity contribution in [1.29, 1.82) is 0 Å². The Hall–Kier alpha value is -1.91. The normalized spacial score (nSPS) is 13.7. The second kappa shape index (κ2) is 7.03. The van der Waals surface area contributed by atoms with Gasteiger partial charge in [-0.25, -0.2) is 4.39 Å². The average molecular weight is 280 g/mol. The predicted molar refractivity (Wildman–Crippen MR) is 75.4 cm³/mol. The Morgan fingerprint density at radius 3 is 2.05 bits per heavy atom. The van der Waals surface area contributed by atoms with Gasteiger partial charge in [-0.15, -0.1) is 0 Å². The summed E-state index contributed by atoms with van der Waals surface area (Å²) < 4.78 is 12.9. The second-order valence-electron chi connectivity index (χ2n) is 5.20. The Morgan fingerprint density at radius 1 is 1.05 bits per heavy atom. The van der Waals surface area contributed by atoms with Crippen LogP contribution in [0.4, 0.5) is 4.39 Å². The summed E-state index contributed by atoms with van der Waals surface area (Å²) in [5.74, 6) is -0.815. The van der Waals surface area contributed by atoms with Crippen molar-refractivity contribution in [3.63, 3.8) is 0 Å². The molecule has 0 aromatic heterocycles. The van der Waals surface area contributed by atoms with Crippen LogP contribution < -0.4 is 10.6 Å². The van der Waals surface area contributed by atoms with Crippen LogP contribution in [0.15, 0.2) is 24.3 Å². The molecular weight excluding hydrogens is 259 g/mol. The maximum absolute atomic E-state index is 12.9. The lowest BCUT2D eigenvalue weighted by atomic mass is 10.0. The summed E-state index contributed by atoms with van der Waals surface area (Å²) >= 11 is 0. The molecule has 0 aliphatic rings. The lowest BCUT2D eigenvalue weighted by molar-refractivity contribution is -0.129. The number of halogens is 1. The van der Waals surface area contributed by atoms with E-state index in [0.29, 0.717) is 0 Å². The number of carbonyl (C=O) groups excluding carboxylic acids is 2. The number of rotatable bonds is 5. The van der Waals surface area contributed by atoms with E-state index in [4.69, 9.17) is 0 Å². The van der Waals surface area contributed by atoms with Gasteiger partial charge in [0.05, 0.1) is 6.04 Å². The van der Waals surface area contributed by atoms with Crippen LogP contribution in [0.25, 0.3) is 0 Å². The largest absolute Gasteiger partial charge is 0.348 e. The Balaban J connectivity index is 2.72. The summed E-state index contributed by atoms with van der Waals surface area (Å²) in [6.45, 7) is 6.92. The van der Waals surface area contributed by atoms with Crippen molar-refractivity contribution in [2.24, 2.45) is 5.92 Å². The van der Waals surface area contributed by atoms with Gasteiger partial charge in [0.2, 0.25) is 11.8 Å². The third kappa shape index (κ3) is 4.64. The van der Waals surface area contributed by atoms with E-state index >= 15 is 0 Å². The third-order valence-electron chi connectivity index (χ3n) is 3.04. The highest BCUT2D eigenvalue weighted by Gasteiger charge is 2.24. The molecule has 0 aliphatic heterocycles. The van der Waals surface area contributed by atoms with Gasteiger partial charge in [0, 0.05) is 6.92 Å². The summed E-state index contributed by atoms with van der Waals surface area (Å²) in [5.41, 5.74) is 0.810. The van der Waals surface area contributed by atoms with Crippen molar-refractivity contribution in [3.8, 4) is 0 Å². The minimum atomic E-state index is -0.574. The molecule has 0 radical (unpaired) electrons. The highest BCUT2D eigenvalue weighted by atomic mass is 19.1. The molecule has 2 amide bonds. The number of hydrogen-bond acceptors (Lipinski definition) is 2. The Bertz CT molecular complexity index is 471. The summed E-state index contributed by atoms with van der Waals surface area (Å²) in [7, 11) is 0. The van der Waals surface area contributed by atoms with Crippen molar-refractivity contribution >= 4 is 11.8 Å². The quantitative estimate of drug-likeness (QED) is 0.868. The van der Waals surface area contributed by atoms with Crippen LogP contribution in [0.3, 0.4) is 0 Å². The fourth-order valence-electron chi connectivity index (χ4n) is 1.89. The Kier molecular flexibility index (Phi) is 5.67. The zero-order chi connectivity index (χ0) is 15.3. The monoisotopic (exact) mass is 280 g/mol. The number of nitrogens with one attached hydrogen (secondary N) is 2. The van der Waals surface area contributed by atoms with Gasteiger partial charge in [0.25, 0.3) is 0 Å². The van der Waals surface area contributed by atoms with E-state index in [9.17, 15) is 14.0 Å². The molecule has 20 heavy (non-hydrogen) atoms. The summed E-state index contributed by atoms with van der Waals surface area (Å²) in [6, 6.07) is 5.14. The van der Waals surface area contributed by atoms with Crippen LogP contribution >= 0.6 is 0 Å². The van der Waals surface area contributed by atoms with Crippen molar-refractivity contribution in [2.45, 2.75) is 39.8 Å². The standard InChI is InChI=1S/C15H21FN2O2/c1-9(2)14(18-11(4)19)15(20)17-10(3)12-5-7-13(16)8-6-12/h5-10,14H,1-4H3,(H,17,20)(H,18,19). The molecule has 4 nitrogen and oxygen atoms in total. The van der Waals surface area contributed by atoms with Crippen LogP contribution in [0.2, 0.25) is 0 Å². The van der Waals surface area contributed by atoms with Crippen LogP contribution in [0.5, 0.6) is 0 Å². The minimum Gasteiger partial charge on any atom is -0.348 e. The lowest BCUT2D eigenvalue weighted by Crippen LogP contribution is -2.49. The van der Waals surface area contributed by atoms with Gasteiger partial charge in [-0.1, -0.05) is 26.0 Å². The second-order valence-corrected chi connectivity index (χ2v) is 5.20. The summed E-state index contributed by atoms with van der Waals surface area (Å²) in [5, 5.41) is 5.46. The molecule has 2 atom stereocenters. The fraction of sp³-hybridized carbons (Fsp3) is 0.467. The maximum Gasteiger partial charge on any atom is 0.243 e. The molecule has 0 bridgehead atoms. The highest BCUT2D eigenvalue weighted by Crippen LogP contribution is 2.13. The number of carbonyl (C=O) groups is 2. The SMILES string of the molecule is CC(=O)NC(C(=O)NC(C)c1ccc(F)cc1)C(C)C. The average Bonchev–Trinajstić information content (AvgIpc) is 2.35. The molecule has 1 rings (SSSR count). The Morgan fingerprint density at radius 2 is 1.60 bits per heavy atom. The van der Waals surface area contributed by atoms with Gasteiger partial charge >= 0.3 is 0 Å². The van der Waals surface area contributed by atoms with E-state index in [1.165, 1.54) is 19.1 Å². The van der Waals surface area contributed by atoms with Crippen molar-refractivity contribution in [1.82, 2.24) is 10.6 Å². The van der Waals surface area contributed by atoms with E-state index < -0.39 is 6.04 Å². The van der Waals surface area contributed by atoms with E-state index in [1.807, 2.05) is 20.8 Å². The molecule has 2 unspecified atom stereocenters. The lowest BCUT2D eigenvalue weighted by Gasteiger charge is -2.23. The molecule has 110 valence electrons. The van der Waals surface area contributed by atoms with E-state index in [0.717, 1.165) is 5.56 Å². The van der Waals surface area contributed by atoms with Gasteiger partial charge in [0.1, 0.15) is 11.9 Å². The molecule has 1 aromatic carbocycles.